The van der Waals surface area contributed by atoms with Gasteiger partial charge < -0.3 is 15.4 Å². The minimum absolute atomic E-state index is 0.0887. The normalized spacial score (nSPS) is 19.2. The average molecular weight is 473 g/mol. The lowest BCUT2D eigenvalue weighted by atomic mass is 9.68. The number of hydrogen-bond donors (Lipinski definition) is 2. The number of nitrogens with one attached hydrogen (secondary N) is 2. The van der Waals surface area contributed by atoms with E-state index in [4.69, 9.17) is 4.74 Å². The molecule has 35 heavy (non-hydrogen) atoms. The van der Waals surface area contributed by atoms with Crippen LogP contribution in [-0.2, 0) is 9.59 Å². The van der Waals surface area contributed by atoms with Crippen molar-refractivity contribution in [1.29, 1.82) is 0 Å². The number of benzene rings is 2. The molecule has 0 bridgehead atoms. The summed E-state index contributed by atoms with van der Waals surface area (Å²) in [6, 6.07) is 15.5. The van der Waals surface area contributed by atoms with Gasteiger partial charge in [0.2, 0.25) is 0 Å². The number of para-hydroxylation sites is 2. The lowest BCUT2D eigenvalue weighted by Crippen LogP contribution is -2.39. The zero-order valence-electron chi connectivity index (χ0n) is 21.5. The first-order valence-electron chi connectivity index (χ1n) is 12.5. The van der Waals surface area contributed by atoms with Crippen LogP contribution in [0.3, 0.4) is 0 Å². The number of carbonyl (C=O) groups is 2. The first-order chi connectivity index (χ1) is 16.7. The molecule has 1 atom stereocenters. The molecule has 1 amide bonds. The van der Waals surface area contributed by atoms with E-state index in [0.29, 0.717) is 24.2 Å². The molecule has 5 nitrogen and oxygen atoms in total. The van der Waals surface area contributed by atoms with E-state index >= 15 is 0 Å². The van der Waals surface area contributed by atoms with Gasteiger partial charge in [-0.3, -0.25) is 9.59 Å². The first kappa shape index (κ1) is 24.8. The minimum Gasteiger partial charge on any atom is -0.493 e. The lowest BCUT2D eigenvalue weighted by molar-refractivity contribution is -0.118. The van der Waals surface area contributed by atoms with Crippen molar-refractivity contribution in [3.05, 3.63) is 82.2 Å². The molecular formula is C30H36N2O3. The third-order valence-electron chi connectivity index (χ3n) is 6.86. The summed E-state index contributed by atoms with van der Waals surface area (Å²) in [6.45, 7) is 10.9. The molecule has 184 valence electrons. The molecule has 2 N–H and O–H groups in total. The molecular weight excluding hydrogens is 436 g/mol. The molecule has 0 fully saturated rings. The van der Waals surface area contributed by atoms with E-state index in [1.165, 1.54) is 0 Å². The number of carbonyl (C=O) groups excluding carboxylic acids is 2. The molecule has 4 rings (SSSR count). The number of anilines is 1. The van der Waals surface area contributed by atoms with Gasteiger partial charge in [-0.2, -0.15) is 0 Å². The van der Waals surface area contributed by atoms with Gasteiger partial charge in [0, 0.05) is 40.2 Å². The predicted octanol–water partition coefficient (Wildman–Crippen LogP) is 6.42. The maximum absolute atomic E-state index is 13.8. The number of aryl methyl sites for hydroxylation is 1. The van der Waals surface area contributed by atoms with Crippen LogP contribution in [0.5, 0.6) is 5.75 Å². The van der Waals surface area contributed by atoms with Gasteiger partial charge in [-0.15, -0.1) is 0 Å². The fourth-order valence-electron chi connectivity index (χ4n) is 5.13. The molecule has 0 saturated carbocycles. The second kappa shape index (κ2) is 10.1. The first-order valence-corrected chi connectivity index (χ1v) is 12.5. The summed E-state index contributed by atoms with van der Waals surface area (Å²) >= 11 is 0. The van der Waals surface area contributed by atoms with Crippen LogP contribution in [-0.4, -0.2) is 18.3 Å². The van der Waals surface area contributed by atoms with E-state index in [2.05, 4.69) is 31.4 Å². The standard InChI is InChI=1S/C30H36N2O3/c1-6-7-16-35-25-15-11-9-13-21(25)27-26(29(34)32-22-14-10-8-12-19(22)2)20(3)31-23-17-30(4,5)18-24(33)28(23)27/h8-15,27,31H,6-7,16-18H2,1-5H3,(H,32,34)/t27-/m0/s1. The van der Waals surface area contributed by atoms with E-state index in [0.717, 1.165) is 53.2 Å². The van der Waals surface area contributed by atoms with Crippen molar-refractivity contribution >= 4 is 17.4 Å². The number of ketones is 1. The van der Waals surface area contributed by atoms with Gasteiger partial charge in [-0.05, 0) is 49.8 Å². The maximum atomic E-state index is 13.8. The lowest BCUT2D eigenvalue weighted by Gasteiger charge is -2.40. The SMILES string of the molecule is CCCCOc1ccccc1[C@H]1C(C(=O)Nc2ccccc2C)=C(C)NC2=C1C(=O)CC(C)(C)C2. The number of Topliss-reactive ketones (excluding diaryl/α,β-unsaturated/α-hetero) is 1. The number of amides is 1. The van der Waals surface area contributed by atoms with Gasteiger partial charge in [0.05, 0.1) is 12.5 Å². The highest BCUT2D eigenvalue weighted by Gasteiger charge is 2.43. The van der Waals surface area contributed by atoms with Gasteiger partial charge >= 0.3 is 0 Å². The summed E-state index contributed by atoms with van der Waals surface area (Å²) in [5.41, 5.74) is 5.42. The Morgan fingerprint density at radius 3 is 2.54 bits per heavy atom. The fourth-order valence-corrected chi connectivity index (χ4v) is 5.13. The Hall–Kier alpha value is -3.34. The Kier molecular flexibility index (Phi) is 7.15. The number of hydrogen-bond acceptors (Lipinski definition) is 4. The Morgan fingerprint density at radius 2 is 1.80 bits per heavy atom. The Balaban J connectivity index is 1.82. The van der Waals surface area contributed by atoms with Crippen LogP contribution in [0.25, 0.3) is 0 Å². The zero-order chi connectivity index (χ0) is 25.2. The molecule has 0 radical (unpaired) electrons. The molecule has 2 aromatic carbocycles. The number of allylic oxidation sites excluding steroid dienone is 3. The molecule has 2 aliphatic rings. The van der Waals surface area contributed by atoms with Crippen LogP contribution >= 0.6 is 0 Å². The molecule has 5 heteroatoms. The molecule has 2 aromatic rings. The molecule has 0 unspecified atom stereocenters. The highest BCUT2D eigenvalue weighted by molar-refractivity contribution is 6.10. The van der Waals surface area contributed by atoms with Crippen LogP contribution in [0, 0.1) is 12.3 Å². The average Bonchev–Trinajstić information content (AvgIpc) is 2.79. The topological polar surface area (TPSA) is 67.4 Å². The molecule has 1 heterocycles. The van der Waals surface area contributed by atoms with Crippen molar-refractivity contribution in [3.63, 3.8) is 0 Å². The minimum atomic E-state index is -0.489. The Bertz CT molecular complexity index is 1210. The monoisotopic (exact) mass is 472 g/mol. The maximum Gasteiger partial charge on any atom is 0.254 e. The van der Waals surface area contributed by atoms with Gasteiger partial charge in [0.1, 0.15) is 5.75 Å². The number of ether oxygens (including phenoxy) is 1. The Labute approximate surface area is 208 Å². The van der Waals surface area contributed by atoms with Crippen molar-refractivity contribution < 1.29 is 14.3 Å². The van der Waals surface area contributed by atoms with Crippen molar-refractivity contribution in [2.45, 2.75) is 66.2 Å². The third kappa shape index (κ3) is 5.19. The quantitative estimate of drug-likeness (QED) is 0.457. The van der Waals surface area contributed by atoms with E-state index in [1.54, 1.807) is 0 Å². The van der Waals surface area contributed by atoms with Gasteiger partial charge in [0.25, 0.3) is 5.91 Å². The van der Waals surface area contributed by atoms with Crippen LogP contribution in [0.1, 0.15) is 70.4 Å². The largest absolute Gasteiger partial charge is 0.493 e. The third-order valence-corrected chi connectivity index (χ3v) is 6.86. The van der Waals surface area contributed by atoms with Crippen molar-refractivity contribution in [3.8, 4) is 5.75 Å². The van der Waals surface area contributed by atoms with E-state index in [-0.39, 0.29) is 17.1 Å². The van der Waals surface area contributed by atoms with Crippen molar-refractivity contribution in [2.24, 2.45) is 5.41 Å². The smallest absolute Gasteiger partial charge is 0.254 e. The zero-order valence-corrected chi connectivity index (χ0v) is 21.5. The summed E-state index contributed by atoms with van der Waals surface area (Å²) in [7, 11) is 0. The summed E-state index contributed by atoms with van der Waals surface area (Å²) in [5, 5.41) is 6.54. The molecule has 0 saturated heterocycles. The van der Waals surface area contributed by atoms with E-state index in [9.17, 15) is 9.59 Å². The summed E-state index contributed by atoms with van der Waals surface area (Å²) < 4.78 is 6.18. The van der Waals surface area contributed by atoms with Crippen LogP contribution < -0.4 is 15.4 Å². The predicted molar refractivity (Wildman–Crippen MR) is 140 cm³/mol. The second-order valence-electron chi connectivity index (χ2n) is 10.4. The molecule has 1 aliphatic carbocycles. The number of unbranched alkanes of at least 4 members (excludes halogenated alkanes) is 1. The molecule has 1 aliphatic heterocycles. The summed E-state index contributed by atoms with van der Waals surface area (Å²) in [5.74, 6) is 0.121. The van der Waals surface area contributed by atoms with Gasteiger partial charge in [-0.1, -0.05) is 63.6 Å². The Morgan fingerprint density at radius 1 is 1.09 bits per heavy atom. The van der Waals surface area contributed by atoms with Crippen molar-refractivity contribution in [2.75, 3.05) is 11.9 Å². The fraction of sp³-hybridized carbons (Fsp3) is 0.400. The number of rotatable bonds is 7. The molecule has 0 spiro atoms. The number of dihydropyridines is 1. The second-order valence-corrected chi connectivity index (χ2v) is 10.4. The summed E-state index contributed by atoms with van der Waals surface area (Å²) in [6.07, 6.45) is 3.18. The van der Waals surface area contributed by atoms with Crippen LogP contribution in [0.4, 0.5) is 5.69 Å². The van der Waals surface area contributed by atoms with Crippen LogP contribution in [0.15, 0.2) is 71.1 Å². The van der Waals surface area contributed by atoms with Gasteiger partial charge in [0.15, 0.2) is 5.78 Å². The highest BCUT2D eigenvalue weighted by atomic mass is 16.5. The van der Waals surface area contributed by atoms with Crippen molar-refractivity contribution in [1.82, 2.24) is 5.32 Å². The van der Waals surface area contributed by atoms with Gasteiger partial charge in [-0.25, -0.2) is 0 Å². The van der Waals surface area contributed by atoms with Crippen LogP contribution in [0.2, 0.25) is 0 Å². The highest BCUT2D eigenvalue weighted by Crippen LogP contribution is 2.48. The summed E-state index contributed by atoms with van der Waals surface area (Å²) in [4.78, 5) is 27.4. The molecule has 0 aromatic heterocycles. The van der Waals surface area contributed by atoms with E-state index in [1.807, 2.05) is 62.4 Å². The van der Waals surface area contributed by atoms with E-state index < -0.39 is 5.92 Å².